The molecular weight excluding hydrogens is 198 g/mol. The van der Waals surface area contributed by atoms with E-state index >= 15 is 0 Å². The molecular formula is C14H17NO. The molecule has 2 heteroatoms. The van der Waals surface area contributed by atoms with E-state index in [9.17, 15) is 0 Å². The van der Waals surface area contributed by atoms with Crippen LogP contribution < -0.4 is 10.9 Å². The summed E-state index contributed by atoms with van der Waals surface area (Å²) in [6.45, 7) is 0. The molecule has 0 saturated heterocycles. The van der Waals surface area contributed by atoms with E-state index in [0.29, 0.717) is 0 Å². The second kappa shape index (κ2) is 4.14. The average molecular weight is 215 g/mol. The molecule has 1 fully saturated rings. The van der Waals surface area contributed by atoms with Crippen molar-refractivity contribution in [2.45, 2.75) is 18.8 Å². The molecule has 16 heavy (non-hydrogen) atoms. The number of fused-ring (bicyclic) bond motifs is 1. The molecule has 1 aliphatic rings. The quantitative estimate of drug-likeness (QED) is 0.826. The second-order valence-corrected chi connectivity index (χ2v) is 4.18. The van der Waals surface area contributed by atoms with Crippen molar-refractivity contribution >= 4 is 10.8 Å². The van der Waals surface area contributed by atoms with E-state index in [-0.39, 0.29) is 6.15 Å². The third kappa shape index (κ3) is 1.65. The average Bonchev–Trinajstić information content (AvgIpc) is 3.11. The van der Waals surface area contributed by atoms with Crippen molar-refractivity contribution in [3.05, 3.63) is 42.0 Å². The van der Waals surface area contributed by atoms with E-state index < -0.39 is 0 Å². The fraction of sp³-hybridized carbons (Fsp3) is 0.286. The minimum atomic E-state index is 0. The van der Waals surface area contributed by atoms with Crippen LogP contribution in [0.15, 0.2) is 36.4 Å². The summed E-state index contributed by atoms with van der Waals surface area (Å²) in [7, 11) is 1.76. The Balaban J connectivity index is 0.000000963. The largest absolute Gasteiger partial charge is 0.496 e. The molecule has 0 amide bonds. The molecule has 0 aliphatic heterocycles. The summed E-state index contributed by atoms with van der Waals surface area (Å²) in [6, 6.07) is 12.8. The van der Waals surface area contributed by atoms with Gasteiger partial charge in [-0.3, -0.25) is 0 Å². The molecule has 0 spiro atoms. The van der Waals surface area contributed by atoms with E-state index in [2.05, 4.69) is 36.4 Å². The van der Waals surface area contributed by atoms with Gasteiger partial charge in [0.2, 0.25) is 0 Å². The van der Waals surface area contributed by atoms with Gasteiger partial charge in [-0.25, -0.2) is 0 Å². The lowest BCUT2D eigenvalue weighted by Crippen LogP contribution is -1.91. The van der Waals surface area contributed by atoms with Gasteiger partial charge in [-0.2, -0.15) is 0 Å². The Labute approximate surface area is 95.8 Å². The molecule has 0 atom stereocenters. The zero-order valence-electron chi connectivity index (χ0n) is 9.57. The number of benzene rings is 2. The van der Waals surface area contributed by atoms with Gasteiger partial charge in [0.25, 0.3) is 0 Å². The summed E-state index contributed by atoms with van der Waals surface area (Å²) < 4.78 is 5.45. The van der Waals surface area contributed by atoms with Crippen LogP contribution in [0.4, 0.5) is 0 Å². The first-order valence-electron chi connectivity index (χ1n) is 5.46. The summed E-state index contributed by atoms with van der Waals surface area (Å²) >= 11 is 0. The Kier molecular flexibility index (Phi) is 2.84. The maximum absolute atomic E-state index is 5.45. The van der Waals surface area contributed by atoms with Gasteiger partial charge in [0, 0.05) is 5.56 Å². The van der Waals surface area contributed by atoms with Gasteiger partial charge in [-0.05, 0) is 35.6 Å². The zero-order valence-corrected chi connectivity index (χ0v) is 9.57. The Morgan fingerprint density at radius 1 is 1.06 bits per heavy atom. The first kappa shape index (κ1) is 11.0. The number of hydrogen-bond donors (Lipinski definition) is 1. The molecule has 0 heterocycles. The third-order valence-corrected chi connectivity index (χ3v) is 3.14. The highest BCUT2D eigenvalue weighted by Crippen LogP contribution is 2.47. The molecule has 84 valence electrons. The van der Waals surface area contributed by atoms with E-state index in [0.717, 1.165) is 11.7 Å². The monoisotopic (exact) mass is 215 g/mol. The predicted molar refractivity (Wildman–Crippen MR) is 67.5 cm³/mol. The first-order valence-corrected chi connectivity index (χ1v) is 5.46. The Hall–Kier alpha value is -1.54. The lowest BCUT2D eigenvalue weighted by Gasteiger charge is -2.10. The normalized spacial score (nSPS) is 14.6. The van der Waals surface area contributed by atoms with Gasteiger partial charge in [-0.15, -0.1) is 0 Å². The fourth-order valence-corrected chi connectivity index (χ4v) is 2.25. The number of methoxy groups -OCH3 is 1. The van der Waals surface area contributed by atoms with E-state index in [1.165, 1.54) is 29.2 Å². The Morgan fingerprint density at radius 3 is 2.50 bits per heavy atom. The highest BCUT2D eigenvalue weighted by atomic mass is 16.5. The molecule has 0 unspecified atom stereocenters. The van der Waals surface area contributed by atoms with Crippen molar-refractivity contribution in [3.8, 4) is 5.75 Å². The van der Waals surface area contributed by atoms with Crippen LogP contribution in [0.3, 0.4) is 0 Å². The van der Waals surface area contributed by atoms with Crippen molar-refractivity contribution in [1.29, 1.82) is 0 Å². The smallest absolute Gasteiger partial charge is 0.122 e. The van der Waals surface area contributed by atoms with Crippen LogP contribution in [0.25, 0.3) is 10.8 Å². The van der Waals surface area contributed by atoms with E-state index in [1.54, 1.807) is 7.11 Å². The molecule has 0 bridgehead atoms. The van der Waals surface area contributed by atoms with Crippen LogP contribution >= 0.6 is 0 Å². The van der Waals surface area contributed by atoms with Crippen molar-refractivity contribution in [2.75, 3.05) is 7.11 Å². The molecule has 0 aromatic heterocycles. The SMILES string of the molecule is COc1ccc2ccccc2c1C1CC1.N. The molecule has 3 N–H and O–H groups in total. The van der Waals surface area contributed by atoms with Crippen LogP contribution in [0.5, 0.6) is 5.75 Å². The summed E-state index contributed by atoms with van der Waals surface area (Å²) in [5.74, 6) is 1.78. The standard InChI is InChI=1S/C14H14O.H3N/c1-15-13-9-8-10-4-2-3-5-12(10)14(13)11-6-7-11;/h2-5,8-9,11H,6-7H2,1H3;1H3. The second-order valence-electron chi connectivity index (χ2n) is 4.18. The van der Waals surface area contributed by atoms with Gasteiger partial charge in [-0.1, -0.05) is 30.3 Å². The lowest BCUT2D eigenvalue weighted by atomic mass is 10.00. The molecule has 2 aromatic carbocycles. The molecule has 3 rings (SSSR count). The summed E-state index contributed by atoms with van der Waals surface area (Å²) in [6.07, 6.45) is 2.62. The highest BCUT2D eigenvalue weighted by Gasteiger charge is 2.28. The van der Waals surface area contributed by atoms with Gasteiger partial charge in [0.15, 0.2) is 0 Å². The van der Waals surface area contributed by atoms with Crippen LogP contribution in [0.2, 0.25) is 0 Å². The topological polar surface area (TPSA) is 44.2 Å². The van der Waals surface area contributed by atoms with E-state index in [4.69, 9.17) is 4.74 Å². The highest BCUT2D eigenvalue weighted by molar-refractivity contribution is 5.88. The summed E-state index contributed by atoms with van der Waals surface area (Å²) in [5, 5.41) is 2.68. The van der Waals surface area contributed by atoms with E-state index in [1.807, 2.05) is 0 Å². The summed E-state index contributed by atoms with van der Waals surface area (Å²) in [5.41, 5.74) is 1.41. The van der Waals surface area contributed by atoms with Crippen molar-refractivity contribution < 1.29 is 4.74 Å². The fourth-order valence-electron chi connectivity index (χ4n) is 2.25. The first-order chi connectivity index (χ1) is 7.40. The Morgan fingerprint density at radius 2 is 1.81 bits per heavy atom. The minimum Gasteiger partial charge on any atom is -0.496 e. The number of hydrogen-bond acceptors (Lipinski definition) is 2. The van der Waals surface area contributed by atoms with Gasteiger partial charge in [0.05, 0.1) is 7.11 Å². The van der Waals surface area contributed by atoms with Crippen LogP contribution in [0.1, 0.15) is 24.3 Å². The van der Waals surface area contributed by atoms with Crippen LogP contribution in [-0.2, 0) is 0 Å². The third-order valence-electron chi connectivity index (χ3n) is 3.14. The van der Waals surface area contributed by atoms with Crippen LogP contribution in [-0.4, -0.2) is 7.11 Å². The maximum atomic E-state index is 5.45. The van der Waals surface area contributed by atoms with Crippen LogP contribution in [0, 0.1) is 0 Å². The number of rotatable bonds is 2. The molecule has 2 nitrogen and oxygen atoms in total. The zero-order chi connectivity index (χ0) is 10.3. The van der Waals surface area contributed by atoms with Crippen molar-refractivity contribution in [3.63, 3.8) is 0 Å². The molecule has 1 saturated carbocycles. The van der Waals surface area contributed by atoms with Crippen molar-refractivity contribution in [1.82, 2.24) is 6.15 Å². The molecule has 1 aliphatic carbocycles. The van der Waals surface area contributed by atoms with Crippen molar-refractivity contribution in [2.24, 2.45) is 0 Å². The maximum Gasteiger partial charge on any atom is 0.122 e. The molecule has 2 aromatic rings. The number of ether oxygens (including phenoxy) is 1. The minimum absolute atomic E-state index is 0. The Bertz CT molecular complexity index is 503. The molecule has 0 radical (unpaired) electrons. The summed E-state index contributed by atoms with van der Waals surface area (Å²) in [4.78, 5) is 0. The van der Waals surface area contributed by atoms with Gasteiger partial charge < -0.3 is 10.9 Å². The lowest BCUT2D eigenvalue weighted by molar-refractivity contribution is 0.410. The van der Waals surface area contributed by atoms with Gasteiger partial charge in [0.1, 0.15) is 5.75 Å². The predicted octanol–water partition coefficient (Wildman–Crippen LogP) is 3.89. The van der Waals surface area contributed by atoms with Gasteiger partial charge >= 0.3 is 0 Å².